The Balaban J connectivity index is 3.43. The van der Waals surface area contributed by atoms with E-state index in [9.17, 15) is 35.8 Å². The molecule has 8 heteroatoms. The number of aliphatic hydroxyl groups is 1. The first-order valence-corrected chi connectivity index (χ1v) is 5.31. The van der Waals surface area contributed by atoms with Crippen LogP contribution in [0, 0.1) is 5.92 Å². The van der Waals surface area contributed by atoms with Crippen molar-refractivity contribution < 1.29 is 35.8 Å². The normalized spacial score (nSPS) is 40.5. The zero-order valence-corrected chi connectivity index (χ0v) is 9.66. The van der Waals surface area contributed by atoms with Crippen LogP contribution < -0.4 is 0 Å². The Bertz CT molecular complexity index is 327. The largest absolute Gasteiger partial charge is 0.378 e. The van der Waals surface area contributed by atoms with Gasteiger partial charge in [-0.2, -0.15) is 8.78 Å². The molecule has 0 aromatic carbocycles. The maximum absolute atomic E-state index is 14.1. The number of halogens is 7. The van der Waals surface area contributed by atoms with Crippen LogP contribution in [0.4, 0.5) is 30.7 Å². The molecule has 1 N–H and O–H groups in total. The predicted molar refractivity (Wildman–Crippen MR) is 48.8 cm³/mol. The van der Waals surface area contributed by atoms with E-state index in [0.717, 1.165) is 6.92 Å². The van der Waals surface area contributed by atoms with Gasteiger partial charge in [-0.05, 0) is 12.8 Å². The van der Waals surface area contributed by atoms with E-state index in [2.05, 4.69) is 0 Å². The van der Waals surface area contributed by atoms with Gasteiger partial charge in [0.25, 0.3) is 12.3 Å². The smallest absolute Gasteiger partial charge is 0.321 e. The van der Waals surface area contributed by atoms with Crippen LogP contribution in [-0.2, 0) is 0 Å². The third kappa shape index (κ3) is 1.57. The second-order valence-corrected chi connectivity index (χ2v) is 4.71. The van der Waals surface area contributed by atoms with Crippen LogP contribution in [0.1, 0.15) is 26.7 Å². The van der Waals surface area contributed by atoms with Gasteiger partial charge in [0.15, 0.2) is 5.60 Å². The predicted octanol–water partition coefficient (Wildman–Crippen LogP) is 3.41. The van der Waals surface area contributed by atoms with E-state index < -0.39 is 48.3 Å². The lowest BCUT2D eigenvalue weighted by Crippen LogP contribution is -2.64. The molecule has 1 rings (SSSR count). The van der Waals surface area contributed by atoms with E-state index in [1.165, 1.54) is 0 Å². The van der Waals surface area contributed by atoms with Crippen molar-refractivity contribution in [3.63, 3.8) is 0 Å². The van der Waals surface area contributed by atoms with Crippen LogP contribution in [0.15, 0.2) is 0 Å². The summed E-state index contributed by atoms with van der Waals surface area (Å²) < 4.78 is 92.7. The fraction of sp³-hybridized carbons (Fsp3) is 1.00. The first kappa shape index (κ1) is 15.5. The molecule has 3 unspecified atom stereocenters. The van der Waals surface area contributed by atoms with Crippen molar-refractivity contribution in [1.82, 2.24) is 0 Å². The van der Waals surface area contributed by atoms with Gasteiger partial charge in [0, 0.05) is 12.8 Å². The van der Waals surface area contributed by atoms with Crippen molar-refractivity contribution in [2.45, 2.75) is 56.2 Å². The second kappa shape index (κ2) is 3.98. The maximum Gasteiger partial charge on any atom is 0.321 e. The van der Waals surface area contributed by atoms with Gasteiger partial charge in [0.1, 0.15) is 0 Å². The van der Waals surface area contributed by atoms with Gasteiger partial charge >= 0.3 is 5.92 Å². The molecule has 0 amide bonds. The molecule has 108 valence electrons. The van der Waals surface area contributed by atoms with Crippen LogP contribution in [0.5, 0.6) is 0 Å². The van der Waals surface area contributed by atoms with Crippen LogP contribution >= 0.6 is 0 Å². The van der Waals surface area contributed by atoms with E-state index in [-0.39, 0.29) is 6.92 Å². The van der Waals surface area contributed by atoms with Crippen molar-refractivity contribution in [2.24, 2.45) is 5.92 Å². The summed E-state index contributed by atoms with van der Waals surface area (Å²) in [5.41, 5.74) is -8.55. The molecule has 0 saturated heterocycles. The Hall–Kier alpha value is -0.530. The van der Waals surface area contributed by atoms with Gasteiger partial charge in [-0.15, -0.1) is 0 Å². The molecule has 0 spiro atoms. The summed E-state index contributed by atoms with van der Waals surface area (Å²) in [5.74, 6) is -11.8. The van der Waals surface area contributed by atoms with E-state index in [0.29, 0.717) is 0 Å². The van der Waals surface area contributed by atoms with Gasteiger partial charge in [-0.1, -0.05) is 6.92 Å². The highest BCUT2D eigenvalue weighted by Gasteiger charge is 2.84. The van der Waals surface area contributed by atoms with E-state index in [1.54, 1.807) is 0 Å². The molecular formula is C10H13F7O. The first-order chi connectivity index (χ1) is 7.86. The van der Waals surface area contributed by atoms with Crippen molar-refractivity contribution in [3.8, 4) is 0 Å². The molecule has 0 aliphatic heterocycles. The summed E-state index contributed by atoms with van der Waals surface area (Å²) >= 11 is 0. The van der Waals surface area contributed by atoms with Gasteiger partial charge < -0.3 is 5.11 Å². The molecule has 0 radical (unpaired) electrons. The Morgan fingerprint density at radius 2 is 1.72 bits per heavy atom. The van der Waals surface area contributed by atoms with Gasteiger partial charge in [-0.3, -0.25) is 0 Å². The van der Waals surface area contributed by atoms with Crippen molar-refractivity contribution in [2.75, 3.05) is 0 Å². The van der Waals surface area contributed by atoms with Crippen LogP contribution in [0.3, 0.4) is 0 Å². The monoisotopic (exact) mass is 282 g/mol. The average Bonchev–Trinajstić information content (AvgIpc) is 2.37. The lowest BCUT2D eigenvalue weighted by molar-refractivity contribution is -0.300. The molecule has 1 aliphatic carbocycles. The molecule has 0 aromatic rings. The summed E-state index contributed by atoms with van der Waals surface area (Å²) in [6.07, 6.45) is -5.93. The summed E-state index contributed by atoms with van der Waals surface area (Å²) in [7, 11) is 0. The average molecular weight is 282 g/mol. The van der Waals surface area contributed by atoms with Gasteiger partial charge in [0.05, 0.1) is 0 Å². The zero-order chi connectivity index (χ0) is 14.6. The van der Waals surface area contributed by atoms with Crippen molar-refractivity contribution in [3.05, 3.63) is 0 Å². The molecule has 3 atom stereocenters. The number of alkyl halides is 7. The lowest BCUT2D eigenvalue weighted by Gasteiger charge is -2.39. The molecule has 18 heavy (non-hydrogen) atoms. The fourth-order valence-corrected chi connectivity index (χ4v) is 2.50. The summed E-state index contributed by atoms with van der Waals surface area (Å²) in [6, 6.07) is 0. The number of hydrogen-bond donors (Lipinski definition) is 1. The second-order valence-electron chi connectivity index (χ2n) is 4.71. The van der Waals surface area contributed by atoms with Crippen molar-refractivity contribution >= 4 is 0 Å². The highest BCUT2D eigenvalue weighted by Crippen LogP contribution is 2.63. The fourth-order valence-electron chi connectivity index (χ4n) is 2.50. The third-order valence-electron chi connectivity index (χ3n) is 3.61. The molecule has 0 bridgehead atoms. The minimum atomic E-state index is -5.23. The van der Waals surface area contributed by atoms with E-state index in [1.807, 2.05) is 0 Å². The molecule has 1 nitrogen and oxygen atoms in total. The van der Waals surface area contributed by atoms with E-state index >= 15 is 0 Å². The Morgan fingerprint density at radius 3 is 1.94 bits per heavy atom. The quantitative estimate of drug-likeness (QED) is 0.786. The molecule has 0 aromatic heterocycles. The summed E-state index contributed by atoms with van der Waals surface area (Å²) in [6.45, 7) is 1.03. The lowest BCUT2D eigenvalue weighted by atomic mass is 9.83. The van der Waals surface area contributed by atoms with Crippen LogP contribution in [0.25, 0.3) is 0 Å². The van der Waals surface area contributed by atoms with Crippen molar-refractivity contribution in [1.29, 1.82) is 0 Å². The summed E-state index contributed by atoms with van der Waals surface area (Å²) in [5, 5.41) is 9.22. The minimum absolute atomic E-state index is 0.0964. The Morgan fingerprint density at radius 1 is 1.28 bits per heavy atom. The standard InChI is InChI=1S/C10H13F7O/c1-3-5-4-8(18,6(11)12)10(16,17)9(5,15)7(2,13)14/h5-6,18H,3-4H2,1-2H3. The molecule has 1 saturated carbocycles. The van der Waals surface area contributed by atoms with Gasteiger partial charge in [-0.25, -0.2) is 22.0 Å². The highest BCUT2D eigenvalue weighted by molar-refractivity contribution is 5.21. The Kier molecular flexibility index (Phi) is 3.43. The van der Waals surface area contributed by atoms with Crippen LogP contribution in [-0.4, -0.2) is 34.6 Å². The maximum atomic E-state index is 14.1. The van der Waals surface area contributed by atoms with Gasteiger partial charge in [0.2, 0.25) is 5.67 Å². The third-order valence-corrected chi connectivity index (χ3v) is 3.61. The Labute approximate surface area is 99.0 Å². The van der Waals surface area contributed by atoms with E-state index in [4.69, 9.17) is 0 Å². The highest BCUT2D eigenvalue weighted by atomic mass is 19.3. The minimum Gasteiger partial charge on any atom is -0.378 e. The number of rotatable bonds is 3. The first-order valence-electron chi connectivity index (χ1n) is 5.31. The topological polar surface area (TPSA) is 20.2 Å². The molecule has 1 fully saturated rings. The zero-order valence-electron chi connectivity index (χ0n) is 9.66. The van der Waals surface area contributed by atoms with Crippen LogP contribution in [0.2, 0.25) is 0 Å². The molecular weight excluding hydrogens is 269 g/mol. The SMILES string of the molecule is CCC1CC(O)(C(F)F)C(F)(F)C1(F)C(C)(F)F. The number of hydrogen-bond acceptors (Lipinski definition) is 1. The molecule has 1 aliphatic rings. The molecule has 0 heterocycles. The summed E-state index contributed by atoms with van der Waals surface area (Å²) in [4.78, 5) is 0.